The Bertz CT molecular complexity index is 1610. The van der Waals surface area contributed by atoms with Gasteiger partial charge in [0.05, 0.1) is 12.1 Å². The number of piperidine rings is 1. The summed E-state index contributed by atoms with van der Waals surface area (Å²) in [6, 6.07) is 13.7. The molecule has 0 saturated carbocycles. The molecule has 10 heteroatoms. The van der Waals surface area contributed by atoms with Crippen LogP contribution in [0.5, 0.6) is 0 Å². The van der Waals surface area contributed by atoms with E-state index in [1.807, 2.05) is 46.7 Å². The van der Waals surface area contributed by atoms with Crippen molar-refractivity contribution in [1.29, 1.82) is 0 Å². The highest BCUT2D eigenvalue weighted by Gasteiger charge is 2.39. The molecule has 4 aromatic rings. The van der Waals surface area contributed by atoms with Crippen LogP contribution < -0.4 is 5.73 Å². The molecule has 0 aliphatic carbocycles. The van der Waals surface area contributed by atoms with Crippen LogP contribution in [0.3, 0.4) is 0 Å². The van der Waals surface area contributed by atoms with E-state index >= 15 is 0 Å². The van der Waals surface area contributed by atoms with Crippen LogP contribution in [0.4, 0.5) is 19.0 Å². The number of amides is 1. The van der Waals surface area contributed by atoms with E-state index in [0.29, 0.717) is 41.7 Å². The van der Waals surface area contributed by atoms with E-state index in [-0.39, 0.29) is 23.8 Å². The van der Waals surface area contributed by atoms with Crippen molar-refractivity contribution in [3.05, 3.63) is 83.4 Å². The molecule has 220 valence electrons. The van der Waals surface area contributed by atoms with E-state index in [9.17, 15) is 18.0 Å². The van der Waals surface area contributed by atoms with Gasteiger partial charge in [-0.3, -0.25) is 14.1 Å². The molecule has 4 heterocycles. The second-order valence-electron chi connectivity index (χ2n) is 11.8. The van der Waals surface area contributed by atoms with Gasteiger partial charge in [-0.05, 0) is 43.9 Å². The van der Waals surface area contributed by atoms with Gasteiger partial charge in [-0.25, -0.2) is 9.97 Å². The van der Waals surface area contributed by atoms with Gasteiger partial charge < -0.3 is 10.6 Å². The van der Waals surface area contributed by atoms with Crippen molar-refractivity contribution in [1.82, 2.24) is 24.2 Å². The Kier molecular flexibility index (Phi) is 7.21. The molecule has 0 bridgehead atoms. The van der Waals surface area contributed by atoms with Gasteiger partial charge >= 0.3 is 6.18 Å². The zero-order valence-corrected chi connectivity index (χ0v) is 24.0. The van der Waals surface area contributed by atoms with Gasteiger partial charge in [0.2, 0.25) is 5.91 Å². The van der Waals surface area contributed by atoms with Gasteiger partial charge in [0.1, 0.15) is 22.9 Å². The van der Waals surface area contributed by atoms with Crippen LogP contribution in [0.1, 0.15) is 68.0 Å². The fraction of sp³-hybridized carbons (Fsp3) is 0.406. The Labute approximate surface area is 243 Å². The van der Waals surface area contributed by atoms with E-state index in [4.69, 9.17) is 10.7 Å². The van der Waals surface area contributed by atoms with Crippen LogP contribution >= 0.6 is 0 Å². The average molecular weight is 577 g/mol. The molecule has 2 fully saturated rings. The van der Waals surface area contributed by atoms with Crippen LogP contribution in [0.25, 0.3) is 16.8 Å². The lowest BCUT2D eigenvalue weighted by Gasteiger charge is -2.46. The fourth-order valence-electron chi connectivity index (χ4n) is 6.41. The first-order chi connectivity index (χ1) is 20.0. The standard InChI is InChI=1S/C32H35F3N6O/c1-19(2)39-17-26-12-11-24(16-41(26)27(42)18-39)31-38-28(29-30(36)37-13-14-40(29)31)22-9-7-21(8-10-22)20(3)23-5-4-6-25(15-23)32(33,34)35/h4-10,13-15,19-20,24,26H,11-12,16-18H2,1-3H3,(H2,36,37)/t20-,24+,26-/m0/s1. The molecule has 7 nitrogen and oxygen atoms in total. The summed E-state index contributed by atoms with van der Waals surface area (Å²) in [7, 11) is 0. The Balaban J connectivity index is 1.29. The number of aromatic nitrogens is 3. The van der Waals surface area contributed by atoms with E-state index in [1.54, 1.807) is 12.3 Å². The van der Waals surface area contributed by atoms with Crippen LogP contribution in [0, 0.1) is 0 Å². The molecule has 2 aromatic carbocycles. The molecule has 0 unspecified atom stereocenters. The molecule has 2 N–H and O–H groups in total. The summed E-state index contributed by atoms with van der Waals surface area (Å²) in [4.78, 5) is 26.8. The van der Waals surface area contributed by atoms with Gasteiger partial charge in [0.15, 0.2) is 0 Å². The van der Waals surface area contributed by atoms with Gasteiger partial charge in [0, 0.05) is 55.0 Å². The highest BCUT2D eigenvalue weighted by atomic mass is 19.4. The maximum absolute atomic E-state index is 13.3. The number of imidazole rings is 1. The van der Waals surface area contributed by atoms with Gasteiger partial charge in [-0.15, -0.1) is 0 Å². The number of fused-ring (bicyclic) bond motifs is 2. The number of anilines is 1. The Morgan fingerprint density at radius 1 is 1.00 bits per heavy atom. The second-order valence-corrected chi connectivity index (χ2v) is 11.8. The minimum absolute atomic E-state index is 0.0547. The van der Waals surface area contributed by atoms with Gasteiger partial charge in [0.25, 0.3) is 0 Å². The second kappa shape index (κ2) is 10.7. The number of carbonyl (C=O) groups is 1. The fourth-order valence-corrected chi connectivity index (χ4v) is 6.41. The lowest BCUT2D eigenvalue weighted by atomic mass is 9.90. The SMILES string of the molecule is CC(C)N1CC(=O)N2C[C@H](c3nc(-c4ccc([C@H](C)c5cccc(C(F)(F)F)c5)cc4)c4c(N)nccn34)CC[C@H]2C1. The molecule has 2 aliphatic rings. The Morgan fingerprint density at radius 2 is 1.76 bits per heavy atom. The van der Waals surface area contributed by atoms with E-state index in [1.165, 1.54) is 12.1 Å². The summed E-state index contributed by atoms with van der Waals surface area (Å²) in [5.74, 6) is 1.21. The highest BCUT2D eigenvalue weighted by molar-refractivity contribution is 5.85. The maximum Gasteiger partial charge on any atom is 0.416 e. The third kappa shape index (κ3) is 5.12. The van der Waals surface area contributed by atoms with Crippen LogP contribution in [0.15, 0.2) is 60.9 Å². The van der Waals surface area contributed by atoms with E-state index < -0.39 is 11.7 Å². The number of carbonyl (C=O) groups excluding carboxylic acids is 1. The molecule has 1 amide bonds. The number of nitrogens with zero attached hydrogens (tertiary/aromatic N) is 5. The molecule has 0 spiro atoms. The number of nitrogen functional groups attached to an aromatic ring is 1. The lowest BCUT2D eigenvalue weighted by Crippen LogP contribution is -2.60. The molecular weight excluding hydrogens is 541 g/mol. The molecule has 6 rings (SSSR count). The largest absolute Gasteiger partial charge is 0.416 e. The van der Waals surface area contributed by atoms with Crippen molar-refractivity contribution < 1.29 is 18.0 Å². The van der Waals surface area contributed by atoms with E-state index in [2.05, 4.69) is 23.7 Å². The Morgan fingerprint density at radius 3 is 2.48 bits per heavy atom. The summed E-state index contributed by atoms with van der Waals surface area (Å²) in [5, 5.41) is 0. The predicted molar refractivity (Wildman–Crippen MR) is 156 cm³/mol. The van der Waals surface area contributed by atoms with Gasteiger partial charge in [-0.1, -0.05) is 49.4 Å². The average Bonchev–Trinajstić information content (AvgIpc) is 3.37. The first kappa shape index (κ1) is 28.2. The van der Waals surface area contributed by atoms with Crippen molar-refractivity contribution >= 4 is 17.2 Å². The monoisotopic (exact) mass is 576 g/mol. The summed E-state index contributed by atoms with van der Waals surface area (Å²) in [6.45, 7) is 8.11. The lowest BCUT2D eigenvalue weighted by molar-refractivity contribution is -0.143. The zero-order valence-electron chi connectivity index (χ0n) is 24.0. The minimum Gasteiger partial charge on any atom is -0.382 e. The number of hydrogen-bond acceptors (Lipinski definition) is 5. The number of benzene rings is 2. The molecule has 2 aromatic heterocycles. The number of alkyl halides is 3. The number of hydrogen-bond donors (Lipinski definition) is 1. The van der Waals surface area contributed by atoms with Crippen molar-refractivity contribution in [2.75, 3.05) is 25.4 Å². The summed E-state index contributed by atoms with van der Waals surface area (Å²) in [5.41, 5.74) is 9.47. The van der Waals surface area contributed by atoms with Gasteiger partial charge in [-0.2, -0.15) is 13.2 Å². The minimum atomic E-state index is -4.39. The normalized spacial score (nSPS) is 20.7. The van der Waals surface area contributed by atoms with Crippen LogP contribution in [0.2, 0.25) is 0 Å². The number of rotatable bonds is 5. The van der Waals surface area contributed by atoms with E-state index in [0.717, 1.165) is 42.4 Å². The third-order valence-corrected chi connectivity index (χ3v) is 8.91. The molecular formula is C32H35F3N6O. The van der Waals surface area contributed by atoms with Crippen molar-refractivity contribution in [2.45, 2.75) is 63.7 Å². The smallest absolute Gasteiger partial charge is 0.382 e. The molecule has 0 radical (unpaired) electrons. The summed E-state index contributed by atoms with van der Waals surface area (Å²) in [6.07, 6.45) is 0.963. The Hall–Kier alpha value is -3.92. The number of nitrogens with two attached hydrogens (primary N) is 1. The molecule has 2 aliphatic heterocycles. The highest BCUT2D eigenvalue weighted by Crippen LogP contribution is 2.37. The summed E-state index contributed by atoms with van der Waals surface area (Å²) < 4.78 is 41.8. The summed E-state index contributed by atoms with van der Waals surface area (Å²) >= 11 is 0. The molecule has 3 atom stereocenters. The van der Waals surface area contributed by atoms with Crippen molar-refractivity contribution in [3.8, 4) is 11.3 Å². The quantitative estimate of drug-likeness (QED) is 0.318. The first-order valence-electron chi connectivity index (χ1n) is 14.4. The third-order valence-electron chi connectivity index (χ3n) is 8.91. The van der Waals surface area contributed by atoms with Crippen molar-refractivity contribution in [3.63, 3.8) is 0 Å². The van der Waals surface area contributed by atoms with Crippen molar-refractivity contribution in [2.24, 2.45) is 0 Å². The number of piperazine rings is 1. The topological polar surface area (TPSA) is 79.8 Å². The molecule has 42 heavy (non-hydrogen) atoms. The zero-order chi connectivity index (χ0) is 29.8. The van der Waals surface area contributed by atoms with Crippen LogP contribution in [-0.4, -0.2) is 61.8 Å². The first-order valence-corrected chi connectivity index (χ1v) is 14.4. The molecule has 2 saturated heterocycles. The number of halogens is 3. The van der Waals surface area contributed by atoms with Crippen LogP contribution in [-0.2, 0) is 11.0 Å². The predicted octanol–water partition coefficient (Wildman–Crippen LogP) is 5.95. The maximum atomic E-state index is 13.3.